The summed E-state index contributed by atoms with van der Waals surface area (Å²) < 4.78 is 16.7. The number of aromatic nitrogens is 1. The zero-order valence-electron chi connectivity index (χ0n) is 16.7. The molecular weight excluding hydrogens is 368 g/mol. The first-order valence-corrected chi connectivity index (χ1v) is 9.75. The molecule has 2 atom stereocenters. The number of rotatable bonds is 6. The van der Waals surface area contributed by atoms with Gasteiger partial charge < -0.3 is 19.3 Å². The molecule has 0 saturated carbocycles. The zero-order valence-corrected chi connectivity index (χ0v) is 16.7. The van der Waals surface area contributed by atoms with Crippen molar-refractivity contribution in [3.05, 3.63) is 65.9 Å². The molecule has 0 bridgehead atoms. The van der Waals surface area contributed by atoms with E-state index in [9.17, 15) is 5.11 Å². The van der Waals surface area contributed by atoms with Crippen molar-refractivity contribution >= 4 is 10.9 Å². The largest absolute Gasteiger partial charge is 0.493 e. The lowest BCUT2D eigenvalue weighted by molar-refractivity contribution is -0.0960. The number of fused-ring (bicyclic) bond motifs is 1. The van der Waals surface area contributed by atoms with Gasteiger partial charge >= 0.3 is 0 Å². The Kier molecular flexibility index (Phi) is 5.94. The fourth-order valence-electron chi connectivity index (χ4n) is 4.02. The number of hydrogen-bond acceptors (Lipinski definition) is 6. The van der Waals surface area contributed by atoms with Gasteiger partial charge in [0, 0.05) is 24.7 Å². The molecule has 1 aromatic heterocycles. The number of methoxy groups -OCH3 is 2. The monoisotopic (exact) mass is 394 g/mol. The maximum absolute atomic E-state index is 9.96. The zero-order chi connectivity index (χ0) is 20.2. The first-order chi connectivity index (χ1) is 14.2. The Labute approximate surface area is 170 Å². The predicted octanol–water partition coefficient (Wildman–Crippen LogP) is 3.19. The molecule has 0 unspecified atom stereocenters. The molecule has 0 radical (unpaired) electrons. The minimum absolute atomic E-state index is 0.0468. The second-order valence-electron chi connectivity index (χ2n) is 7.15. The van der Waals surface area contributed by atoms with Crippen LogP contribution in [0.3, 0.4) is 0 Å². The van der Waals surface area contributed by atoms with Crippen LogP contribution in [0.1, 0.15) is 17.2 Å². The minimum atomic E-state index is -0.305. The van der Waals surface area contributed by atoms with E-state index in [0.29, 0.717) is 18.1 Å². The van der Waals surface area contributed by atoms with Crippen molar-refractivity contribution in [1.29, 1.82) is 0 Å². The molecule has 4 rings (SSSR count). The second-order valence-corrected chi connectivity index (χ2v) is 7.15. The summed E-state index contributed by atoms with van der Waals surface area (Å²) in [4.78, 5) is 6.81. The van der Waals surface area contributed by atoms with Gasteiger partial charge in [0.05, 0.1) is 39.0 Å². The van der Waals surface area contributed by atoms with Crippen molar-refractivity contribution in [3.63, 3.8) is 0 Å². The second kappa shape index (κ2) is 8.78. The summed E-state index contributed by atoms with van der Waals surface area (Å²) in [6.45, 7) is 2.05. The highest BCUT2D eigenvalue weighted by Gasteiger charge is 2.33. The first kappa shape index (κ1) is 19.6. The molecule has 3 aromatic rings. The number of benzene rings is 2. The third-order valence-electron chi connectivity index (χ3n) is 5.44. The molecule has 6 nitrogen and oxygen atoms in total. The maximum atomic E-state index is 9.96. The van der Waals surface area contributed by atoms with Gasteiger partial charge in [-0.2, -0.15) is 0 Å². The van der Waals surface area contributed by atoms with E-state index >= 15 is 0 Å². The van der Waals surface area contributed by atoms with E-state index in [1.807, 2.05) is 30.5 Å². The van der Waals surface area contributed by atoms with E-state index in [0.717, 1.165) is 29.6 Å². The predicted molar refractivity (Wildman–Crippen MR) is 111 cm³/mol. The van der Waals surface area contributed by atoms with Crippen LogP contribution in [-0.4, -0.2) is 55.1 Å². The number of pyridine rings is 1. The summed E-state index contributed by atoms with van der Waals surface area (Å²) in [6.07, 6.45) is 1.51. The number of hydrogen-bond donors (Lipinski definition) is 1. The SMILES string of the molecule is COc1ccc([C@H]2[C@H](CO)OCCN2Cc2ccc3cccnc3c2)cc1OC. The summed E-state index contributed by atoms with van der Waals surface area (Å²) in [6, 6.07) is 16.2. The summed E-state index contributed by atoms with van der Waals surface area (Å²) >= 11 is 0. The number of aliphatic hydroxyl groups is 1. The van der Waals surface area contributed by atoms with E-state index in [4.69, 9.17) is 14.2 Å². The van der Waals surface area contributed by atoms with Crippen LogP contribution in [0.25, 0.3) is 10.9 Å². The standard InChI is InChI=1S/C23H26N2O4/c1-27-20-8-7-18(13-21(20)28-2)23-22(15-26)29-11-10-25(23)14-16-5-6-17-4-3-9-24-19(17)12-16/h3-9,12-13,22-23,26H,10-11,14-15H2,1-2H3/t22-,23-/m0/s1. The lowest BCUT2D eigenvalue weighted by atomic mass is 9.97. The Hall–Kier alpha value is -2.67. The molecule has 152 valence electrons. The van der Waals surface area contributed by atoms with Crippen LogP contribution in [0.15, 0.2) is 54.7 Å². The van der Waals surface area contributed by atoms with Gasteiger partial charge in [-0.3, -0.25) is 9.88 Å². The average molecular weight is 394 g/mol. The van der Waals surface area contributed by atoms with Gasteiger partial charge in [-0.15, -0.1) is 0 Å². The lowest BCUT2D eigenvalue weighted by Crippen LogP contribution is -2.46. The van der Waals surface area contributed by atoms with Crippen LogP contribution in [0.2, 0.25) is 0 Å². The number of aliphatic hydroxyl groups excluding tert-OH is 1. The number of morpholine rings is 1. The lowest BCUT2D eigenvalue weighted by Gasteiger charge is -2.41. The van der Waals surface area contributed by atoms with Crippen LogP contribution in [0.5, 0.6) is 11.5 Å². The van der Waals surface area contributed by atoms with Gasteiger partial charge in [0.15, 0.2) is 11.5 Å². The van der Waals surface area contributed by atoms with Gasteiger partial charge in [-0.05, 0) is 35.4 Å². The summed E-state index contributed by atoms with van der Waals surface area (Å²) in [7, 11) is 3.25. The van der Waals surface area contributed by atoms with Crippen molar-refractivity contribution in [1.82, 2.24) is 9.88 Å². The van der Waals surface area contributed by atoms with Gasteiger partial charge in [0.2, 0.25) is 0 Å². The smallest absolute Gasteiger partial charge is 0.161 e. The highest BCUT2D eigenvalue weighted by atomic mass is 16.5. The molecule has 0 amide bonds. The van der Waals surface area contributed by atoms with Crippen LogP contribution in [0, 0.1) is 0 Å². The van der Waals surface area contributed by atoms with Crippen molar-refractivity contribution < 1.29 is 19.3 Å². The van der Waals surface area contributed by atoms with Crippen molar-refractivity contribution in [3.8, 4) is 11.5 Å². The van der Waals surface area contributed by atoms with Crippen LogP contribution < -0.4 is 9.47 Å². The van der Waals surface area contributed by atoms with Crippen LogP contribution in [-0.2, 0) is 11.3 Å². The Bertz CT molecular complexity index is 978. The van der Waals surface area contributed by atoms with E-state index in [1.165, 1.54) is 5.56 Å². The average Bonchev–Trinajstić information content (AvgIpc) is 2.78. The minimum Gasteiger partial charge on any atom is -0.493 e. The Morgan fingerprint density at radius 3 is 2.76 bits per heavy atom. The molecule has 2 aromatic carbocycles. The van der Waals surface area contributed by atoms with Crippen LogP contribution >= 0.6 is 0 Å². The molecule has 1 aliphatic rings. The van der Waals surface area contributed by atoms with Crippen molar-refractivity contribution in [2.24, 2.45) is 0 Å². The number of nitrogens with zero attached hydrogens (tertiary/aromatic N) is 2. The molecule has 6 heteroatoms. The quantitative estimate of drug-likeness (QED) is 0.693. The molecule has 0 aliphatic carbocycles. The topological polar surface area (TPSA) is 64.0 Å². The fourth-order valence-corrected chi connectivity index (χ4v) is 4.02. The Morgan fingerprint density at radius 1 is 1.10 bits per heavy atom. The van der Waals surface area contributed by atoms with E-state index in [2.05, 4.69) is 34.1 Å². The molecular formula is C23H26N2O4. The van der Waals surface area contributed by atoms with Gasteiger partial charge in [0.25, 0.3) is 0 Å². The van der Waals surface area contributed by atoms with E-state index in [-0.39, 0.29) is 18.8 Å². The van der Waals surface area contributed by atoms with E-state index in [1.54, 1.807) is 14.2 Å². The first-order valence-electron chi connectivity index (χ1n) is 9.75. The Morgan fingerprint density at radius 2 is 1.97 bits per heavy atom. The molecule has 1 fully saturated rings. The van der Waals surface area contributed by atoms with Gasteiger partial charge in [0.1, 0.15) is 6.10 Å². The highest BCUT2D eigenvalue weighted by Crippen LogP contribution is 2.36. The number of ether oxygens (including phenoxy) is 3. The third-order valence-corrected chi connectivity index (χ3v) is 5.44. The van der Waals surface area contributed by atoms with Crippen LogP contribution in [0.4, 0.5) is 0 Å². The molecule has 1 saturated heterocycles. The maximum Gasteiger partial charge on any atom is 0.161 e. The summed E-state index contributed by atoms with van der Waals surface area (Å²) in [5.41, 5.74) is 3.19. The molecule has 1 N–H and O–H groups in total. The molecule has 2 heterocycles. The van der Waals surface area contributed by atoms with Crippen molar-refractivity contribution in [2.45, 2.75) is 18.7 Å². The molecule has 1 aliphatic heterocycles. The van der Waals surface area contributed by atoms with Crippen molar-refractivity contribution in [2.75, 3.05) is 34.0 Å². The van der Waals surface area contributed by atoms with Gasteiger partial charge in [-0.1, -0.05) is 24.3 Å². The Balaban J connectivity index is 1.66. The summed E-state index contributed by atoms with van der Waals surface area (Å²) in [5.74, 6) is 1.35. The fraction of sp³-hybridized carbons (Fsp3) is 0.348. The normalized spacial score (nSPS) is 20.0. The summed E-state index contributed by atoms with van der Waals surface area (Å²) in [5, 5.41) is 11.1. The van der Waals surface area contributed by atoms with Gasteiger partial charge in [-0.25, -0.2) is 0 Å². The third kappa shape index (κ3) is 4.05. The highest BCUT2D eigenvalue weighted by molar-refractivity contribution is 5.78. The molecule has 0 spiro atoms. The molecule has 29 heavy (non-hydrogen) atoms. The van der Waals surface area contributed by atoms with E-state index < -0.39 is 0 Å².